The van der Waals surface area contributed by atoms with E-state index in [2.05, 4.69) is 10.6 Å². The monoisotopic (exact) mass is 305 g/mol. The molecular weight excluding hydrogens is 282 g/mol. The van der Waals surface area contributed by atoms with E-state index in [0.29, 0.717) is 29.4 Å². The van der Waals surface area contributed by atoms with Gasteiger partial charge < -0.3 is 15.5 Å². The molecule has 2 N–H and O–H groups in total. The molecule has 0 unspecified atom stereocenters. The van der Waals surface area contributed by atoms with E-state index in [1.54, 1.807) is 30.1 Å². The van der Waals surface area contributed by atoms with Crippen LogP contribution in [0, 0.1) is 5.92 Å². The van der Waals surface area contributed by atoms with Crippen LogP contribution in [-0.2, 0) is 9.59 Å². The highest BCUT2D eigenvalue weighted by atomic mass is 16.2. The number of nitrogens with zero attached hydrogens (tertiary/aromatic N) is 1. The zero-order valence-corrected chi connectivity index (χ0v) is 13.7. The molecule has 0 saturated carbocycles. The molecule has 3 amide bonds. The Morgan fingerprint density at radius 2 is 1.45 bits per heavy atom. The minimum atomic E-state index is -0.242. The van der Waals surface area contributed by atoms with Crippen LogP contribution >= 0.6 is 0 Å². The molecule has 0 radical (unpaired) electrons. The highest BCUT2D eigenvalue weighted by Gasteiger charge is 2.15. The van der Waals surface area contributed by atoms with Crippen molar-refractivity contribution in [3.8, 4) is 0 Å². The summed E-state index contributed by atoms with van der Waals surface area (Å²) in [7, 11) is 1.73. The van der Waals surface area contributed by atoms with Crippen molar-refractivity contribution >= 4 is 29.1 Å². The minimum absolute atomic E-state index is 0.160. The van der Waals surface area contributed by atoms with Gasteiger partial charge in [0.05, 0.1) is 0 Å². The predicted molar refractivity (Wildman–Crippen MR) is 86.8 cm³/mol. The van der Waals surface area contributed by atoms with Crippen LogP contribution in [0.3, 0.4) is 0 Å². The average molecular weight is 305 g/mol. The Hall–Kier alpha value is -2.37. The van der Waals surface area contributed by atoms with Crippen LogP contribution in [0.2, 0.25) is 0 Å². The van der Waals surface area contributed by atoms with Crippen LogP contribution < -0.4 is 10.6 Å². The first-order valence-corrected chi connectivity index (χ1v) is 7.14. The van der Waals surface area contributed by atoms with Crippen LogP contribution in [0.4, 0.5) is 11.4 Å². The van der Waals surface area contributed by atoms with Crippen molar-refractivity contribution in [1.82, 2.24) is 4.90 Å². The SMILES string of the molecule is CC(=O)Nc1cc(NC(C)=O)cc(C(=O)N(C)CC(C)C)c1. The molecule has 0 bridgehead atoms. The van der Waals surface area contributed by atoms with Crippen molar-refractivity contribution in [3.05, 3.63) is 23.8 Å². The van der Waals surface area contributed by atoms with E-state index in [9.17, 15) is 14.4 Å². The molecule has 6 heteroatoms. The summed E-state index contributed by atoms with van der Waals surface area (Å²) in [6.07, 6.45) is 0. The summed E-state index contributed by atoms with van der Waals surface area (Å²) in [5, 5.41) is 5.26. The minimum Gasteiger partial charge on any atom is -0.341 e. The van der Waals surface area contributed by atoms with Gasteiger partial charge in [-0.05, 0) is 24.1 Å². The summed E-state index contributed by atoms with van der Waals surface area (Å²) in [5.74, 6) is -0.294. The smallest absolute Gasteiger partial charge is 0.253 e. The molecule has 0 heterocycles. The first-order chi connectivity index (χ1) is 10.2. The van der Waals surface area contributed by atoms with Crippen LogP contribution in [0.1, 0.15) is 38.1 Å². The summed E-state index contributed by atoms with van der Waals surface area (Å²) in [5.41, 5.74) is 1.36. The molecule has 0 saturated heterocycles. The number of benzene rings is 1. The topological polar surface area (TPSA) is 78.5 Å². The maximum Gasteiger partial charge on any atom is 0.253 e. The van der Waals surface area contributed by atoms with E-state index < -0.39 is 0 Å². The molecule has 6 nitrogen and oxygen atoms in total. The standard InChI is InChI=1S/C16H23N3O3/c1-10(2)9-19(5)16(22)13-6-14(17-11(3)20)8-15(7-13)18-12(4)21/h6-8,10H,9H2,1-5H3,(H,17,20)(H,18,21). The molecule has 0 aliphatic heterocycles. The lowest BCUT2D eigenvalue weighted by atomic mass is 10.1. The molecule has 0 fully saturated rings. The fraction of sp³-hybridized carbons (Fsp3) is 0.438. The van der Waals surface area contributed by atoms with E-state index in [1.807, 2.05) is 13.8 Å². The molecule has 22 heavy (non-hydrogen) atoms. The van der Waals surface area contributed by atoms with Crippen molar-refractivity contribution in [1.29, 1.82) is 0 Å². The second kappa shape index (κ2) is 7.59. The normalized spacial score (nSPS) is 10.3. The number of nitrogens with one attached hydrogen (secondary N) is 2. The van der Waals surface area contributed by atoms with E-state index in [1.165, 1.54) is 13.8 Å². The molecule has 1 aromatic rings. The van der Waals surface area contributed by atoms with Gasteiger partial charge in [-0.1, -0.05) is 13.8 Å². The number of hydrogen-bond acceptors (Lipinski definition) is 3. The molecule has 0 aliphatic carbocycles. The Kier molecular flexibility index (Phi) is 6.10. The molecule has 1 aromatic carbocycles. The third-order valence-electron chi connectivity index (χ3n) is 2.81. The van der Waals surface area contributed by atoms with Gasteiger partial charge >= 0.3 is 0 Å². The fourth-order valence-corrected chi connectivity index (χ4v) is 2.15. The van der Waals surface area contributed by atoms with Crippen molar-refractivity contribution in [3.63, 3.8) is 0 Å². The summed E-state index contributed by atoms with van der Waals surface area (Å²) in [4.78, 5) is 36.5. The van der Waals surface area contributed by atoms with Crippen LogP contribution in [-0.4, -0.2) is 36.2 Å². The van der Waals surface area contributed by atoms with Gasteiger partial charge in [0.25, 0.3) is 5.91 Å². The maximum absolute atomic E-state index is 12.5. The molecule has 1 rings (SSSR count). The molecule has 0 spiro atoms. The average Bonchev–Trinajstić information content (AvgIpc) is 2.34. The maximum atomic E-state index is 12.5. The van der Waals surface area contributed by atoms with Gasteiger partial charge in [0.15, 0.2) is 0 Å². The second-order valence-corrected chi connectivity index (χ2v) is 5.74. The third kappa shape index (κ3) is 5.55. The fourth-order valence-electron chi connectivity index (χ4n) is 2.15. The van der Waals surface area contributed by atoms with Crippen LogP contribution in [0.5, 0.6) is 0 Å². The Morgan fingerprint density at radius 1 is 1.00 bits per heavy atom. The van der Waals surface area contributed by atoms with Crippen LogP contribution in [0.15, 0.2) is 18.2 Å². The summed E-state index contributed by atoms with van der Waals surface area (Å²) < 4.78 is 0. The Balaban J connectivity index is 3.13. The van der Waals surface area contributed by atoms with Gasteiger partial charge in [-0.2, -0.15) is 0 Å². The van der Waals surface area contributed by atoms with Gasteiger partial charge in [-0.3, -0.25) is 14.4 Å². The Bertz CT molecular complexity index is 548. The van der Waals surface area contributed by atoms with E-state index in [4.69, 9.17) is 0 Å². The number of anilines is 2. The number of carbonyl (C=O) groups excluding carboxylic acids is 3. The lowest BCUT2D eigenvalue weighted by Gasteiger charge is -2.20. The zero-order chi connectivity index (χ0) is 16.9. The summed E-state index contributed by atoms with van der Waals surface area (Å²) >= 11 is 0. The second-order valence-electron chi connectivity index (χ2n) is 5.74. The number of rotatable bonds is 5. The number of carbonyl (C=O) groups is 3. The van der Waals surface area contributed by atoms with E-state index >= 15 is 0 Å². The van der Waals surface area contributed by atoms with E-state index in [-0.39, 0.29) is 17.7 Å². The van der Waals surface area contributed by atoms with Crippen molar-refractivity contribution in [2.75, 3.05) is 24.2 Å². The zero-order valence-electron chi connectivity index (χ0n) is 13.7. The lowest BCUT2D eigenvalue weighted by Crippen LogP contribution is -2.30. The van der Waals surface area contributed by atoms with Gasteiger partial charge in [0.2, 0.25) is 11.8 Å². The highest BCUT2D eigenvalue weighted by Crippen LogP contribution is 2.20. The summed E-state index contributed by atoms with van der Waals surface area (Å²) in [6, 6.07) is 4.82. The predicted octanol–water partition coefficient (Wildman–Crippen LogP) is 2.33. The van der Waals surface area contributed by atoms with Gasteiger partial charge in [0.1, 0.15) is 0 Å². The largest absolute Gasteiger partial charge is 0.341 e. The number of hydrogen-bond donors (Lipinski definition) is 2. The highest BCUT2D eigenvalue weighted by molar-refractivity contribution is 5.99. The van der Waals surface area contributed by atoms with Crippen molar-refractivity contribution < 1.29 is 14.4 Å². The third-order valence-corrected chi connectivity index (χ3v) is 2.81. The van der Waals surface area contributed by atoms with E-state index in [0.717, 1.165) is 0 Å². The van der Waals surface area contributed by atoms with Gasteiger partial charge in [-0.25, -0.2) is 0 Å². The lowest BCUT2D eigenvalue weighted by molar-refractivity contribution is -0.115. The Morgan fingerprint density at radius 3 is 1.82 bits per heavy atom. The van der Waals surface area contributed by atoms with Crippen LogP contribution in [0.25, 0.3) is 0 Å². The number of amides is 3. The Labute approximate surface area is 130 Å². The van der Waals surface area contributed by atoms with Crippen molar-refractivity contribution in [2.24, 2.45) is 5.92 Å². The molecule has 0 aromatic heterocycles. The quantitative estimate of drug-likeness (QED) is 0.876. The molecule has 120 valence electrons. The van der Waals surface area contributed by atoms with Crippen molar-refractivity contribution in [2.45, 2.75) is 27.7 Å². The molecular formula is C16H23N3O3. The first kappa shape index (κ1) is 17.7. The van der Waals surface area contributed by atoms with Gasteiger partial charge in [-0.15, -0.1) is 0 Å². The van der Waals surface area contributed by atoms with Gasteiger partial charge in [0, 0.05) is 44.4 Å². The first-order valence-electron chi connectivity index (χ1n) is 7.14. The molecule has 0 aliphatic rings. The summed E-state index contributed by atoms with van der Waals surface area (Å²) in [6.45, 7) is 7.45. The molecule has 0 atom stereocenters.